The van der Waals surface area contributed by atoms with Gasteiger partial charge < -0.3 is 4.90 Å². The van der Waals surface area contributed by atoms with Gasteiger partial charge in [-0.25, -0.2) is 0 Å². The van der Waals surface area contributed by atoms with Gasteiger partial charge in [0.25, 0.3) is 0 Å². The molecule has 1 nitrogen and oxygen atoms in total. The first-order valence-corrected chi connectivity index (χ1v) is 8.91. The van der Waals surface area contributed by atoms with Gasteiger partial charge in [-0.1, -0.05) is 45.7 Å². The maximum Gasteiger partial charge on any atom is 0.0408 e. The number of alkyl halides is 1. The van der Waals surface area contributed by atoms with Crippen molar-refractivity contribution in [1.82, 2.24) is 0 Å². The van der Waals surface area contributed by atoms with Gasteiger partial charge in [-0.15, -0.1) is 0 Å². The Bertz CT molecular complexity index is 432. The molecule has 0 aromatic heterocycles. The SMILES string of the molecule is CN(c1ccc(Br)cc1CBr)C1CCC(C)(C)CC1. The average molecular weight is 389 g/mol. The summed E-state index contributed by atoms with van der Waals surface area (Å²) in [5.41, 5.74) is 3.27. The topological polar surface area (TPSA) is 3.24 Å². The Kier molecular flexibility index (Phi) is 4.99. The first kappa shape index (κ1) is 15.4. The molecular weight excluding hydrogens is 366 g/mol. The summed E-state index contributed by atoms with van der Waals surface area (Å²) in [6.45, 7) is 4.79. The van der Waals surface area contributed by atoms with Crippen LogP contribution in [0.5, 0.6) is 0 Å². The van der Waals surface area contributed by atoms with E-state index in [0.29, 0.717) is 11.5 Å². The summed E-state index contributed by atoms with van der Waals surface area (Å²) in [7, 11) is 2.25. The van der Waals surface area contributed by atoms with Gasteiger partial charge in [-0.2, -0.15) is 0 Å². The summed E-state index contributed by atoms with van der Waals surface area (Å²) in [5, 5.41) is 0.907. The Morgan fingerprint density at radius 2 is 1.89 bits per heavy atom. The van der Waals surface area contributed by atoms with E-state index in [2.05, 4.69) is 75.9 Å². The predicted molar refractivity (Wildman–Crippen MR) is 91.2 cm³/mol. The normalized spacial score (nSPS) is 19.4. The molecule has 0 N–H and O–H groups in total. The summed E-state index contributed by atoms with van der Waals surface area (Å²) < 4.78 is 1.16. The minimum Gasteiger partial charge on any atom is -0.371 e. The summed E-state index contributed by atoms with van der Waals surface area (Å²) in [6, 6.07) is 7.28. The number of hydrogen-bond acceptors (Lipinski definition) is 1. The molecule has 0 spiro atoms. The van der Waals surface area contributed by atoms with E-state index < -0.39 is 0 Å². The van der Waals surface area contributed by atoms with Crippen molar-refractivity contribution in [3.63, 3.8) is 0 Å². The molecule has 1 fully saturated rings. The molecular formula is C16H23Br2N. The lowest BCUT2D eigenvalue weighted by molar-refractivity contribution is 0.222. The first-order chi connectivity index (χ1) is 8.93. The van der Waals surface area contributed by atoms with E-state index in [0.717, 1.165) is 9.80 Å². The molecule has 0 saturated heterocycles. The zero-order valence-electron chi connectivity index (χ0n) is 12.0. The summed E-state index contributed by atoms with van der Waals surface area (Å²) >= 11 is 7.16. The first-order valence-electron chi connectivity index (χ1n) is 7.00. The minimum absolute atomic E-state index is 0.537. The lowest BCUT2D eigenvalue weighted by atomic mass is 9.75. The Balaban J connectivity index is 2.14. The third-order valence-electron chi connectivity index (χ3n) is 4.42. The molecule has 106 valence electrons. The minimum atomic E-state index is 0.537. The number of benzene rings is 1. The molecule has 1 aromatic carbocycles. The second-order valence-electron chi connectivity index (χ2n) is 6.41. The van der Waals surface area contributed by atoms with Crippen molar-refractivity contribution in [2.75, 3.05) is 11.9 Å². The van der Waals surface area contributed by atoms with E-state index in [4.69, 9.17) is 0 Å². The fourth-order valence-electron chi connectivity index (χ4n) is 2.97. The Morgan fingerprint density at radius 1 is 1.26 bits per heavy atom. The van der Waals surface area contributed by atoms with Gasteiger partial charge in [-0.05, 0) is 54.9 Å². The van der Waals surface area contributed by atoms with Crippen molar-refractivity contribution >= 4 is 37.5 Å². The molecule has 0 unspecified atom stereocenters. The van der Waals surface area contributed by atoms with Crippen LogP contribution in [0.3, 0.4) is 0 Å². The molecule has 0 atom stereocenters. The zero-order valence-corrected chi connectivity index (χ0v) is 15.2. The molecule has 0 aliphatic heterocycles. The van der Waals surface area contributed by atoms with Gasteiger partial charge in [0.1, 0.15) is 0 Å². The number of hydrogen-bond donors (Lipinski definition) is 0. The average Bonchev–Trinajstić information content (AvgIpc) is 2.37. The van der Waals surface area contributed by atoms with Crippen LogP contribution >= 0.6 is 31.9 Å². The van der Waals surface area contributed by atoms with E-state index in [9.17, 15) is 0 Å². The van der Waals surface area contributed by atoms with Gasteiger partial charge in [0, 0.05) is 28.6 Å². The highest BCUT2D eigenvalue weighted by molar-refractivity contribution is 9.10. The van der Waals surface area contributed by atoms with Crippen LogP contribution in [0.1, 0.15) is 45.1 Å². The van der Waals surface area contributed by atoms with Crippen molar-refractivity contribution in [2.45, 2.75) is 50.9 Å². The molecule has 3 heteroatoms. The fraction of sp³-hybridized carbons (Fsp3) is 0.625. The van der Waals surface area contributed by atoms with Crippen LogP contribution in [0, 0.1) is 5.41 Å². The van der Waals surface area contributed by atoms with E-state index >= 15 is 0 Å². The highest BCUT2D eigenvalue weighted by atomic mass is 79.9. The Hall–Kier alpha value is -0.0200. The highest BCUT2D eigenvalue weighted by Crippen LogP contribution is 2.38. The van der Waals surface area contributed by atoms with Gasteiger partial charge in [0.15, 0.2) is 0 Å². The van der Waals surface area contributed by atoms with Crippen LogP contribution in [0.2, 0.25) is 0 Å². The number of halogens is 2. The van der Waals surface area contributed by atoms with Gasteiger partial charge >= 0.3 is 0 Å². The molecule has 2 rings (SSSR count). The van der Waals surface area contributed by atoms with E-state index in [1.807, 2.05) is 0 Å². The third kappa shape index (κ3) is 3.75. The smallest absolute Gasteiger partial charge is 0.0408 e. The third-order valence-corrected chi connectivity index (χ3v) is 5.52. The number of nitrogens with zero attached hydrogens (tertiary/aromatic N) is 1. The van der Waals surface area contributed by atoms with Crippen LogP contribution in [0.4, 0.5) is 5.69 Å². The standard InChI is InChI=1S/C16H23Br2N/c1-16(2)8-6-14(7-9-16)19(3)15-5-4-13(18)10-12(15)11-17/h4-5,10,14H,6-9,11H2,1-3H3. The molecule has 1 aromatic rings. The monoisotopic (exact) mass is 387 g/mol. The molecule has 1 aliphatic carbocycles. The molecule has 0 radical (unpaired) electrons. The van der Waals surface area contributed by atoms with Gasteiger partial charge in [0.05, 0.1) is 0 Å². The molecule has 0 amide bonds. The Labute approximate surface area is 134 Å². The molecule has 0 bridgehead atoms. The molecule has 1 aliphatic rings. The van der Waals surface area contributed by atoms with Crippen molar-refractivity contribution in [2.24, 2.45) is 5.41 Å². The quantitative estimate of drug-likeness (QED) is 0.596. The van der Waals surface area contributed by atoms with Crippen molar-refractivity contribution in [3.05, 3.63) is 28.2 Å². The summed E-state index contributed by atoms with van der Waals surface area (Å²) in [5.74, 6) is 0. The van der Waals surface area contributed by atoms with Crippen molar-refractivity contribution < 1.29 is 0 Å². The predicted octanol–water partition coefficient (Wildman–Crippen LogP) is 5.75. The second-order valence-corrected chi connectivity index (χ2v) is 7.89. The number of anilines is 1. The van der Waals surface area contributed by atoms with Crippen LogP contribution < -0.4 is 4.90 Å². The zero-order chi connectivity index (χ0) is 14.0. The lowest BCUT2D eigenvalue weighted by Crippen LogP contribution is -2.37. The van der Waals surface area contributed by atoms with Gasteiger partial charge in [0.2, 0.25) is 0 Å². The van der Waals surface area contributed by atoms with Gasteiger partial charge in [-0.3, -0.25) is 0 Å². The maximum atomic E-state index is 3.61. The molecule has 19 heavy (non-hydrogen) atoms. The fourth-order valence-corrected chi connectivity index (χ4v) is 3.83. The largest absolute Gasteiger partial charge is 0.371 e. The van der Waals surface area contributed by atoms with Crippen LogP contribution in [0.25, 0.3) is 0 Å². The Morgan fingerprint density at radius 3 is 2.47 bits per heavy atom. The van der Waals surface area contributed by atoms with Crippen molar-refractivity contribution in [3.8, 4) is 0 Å². The van der Waals surface area contributed by atoms with E-state index in [-0.39, 0.29) is 0 Å². The number of rotatable bonds is 3. The van der Waals surface area contributed by atoms with Crippen LogP contribution in [-0.4, -0.2) is 13.1 Å². The molecule has 0 heterocycles. The van der Waals surface area contributed by atoms with Crippen molar-refractivity contribution in [1.29, 1.82) is 0 Å². The summed E-state index contributed by atoms with van der Waals surface area (Å²) in [6.07, 6.45) is 5.28. The van der Waals surface area contributed by atoms with E-state index in [1.165, 1.54) is 36.9 Å². The summed E-state index contributed by atoms with van der Waals surface area (Å²) in [4.78, 5) is 2.48. The van der Waals surface area contributed by atoms with Crippen LogP contribution in [0.15, 0.2) is 22.7 Å². The van der Waals surface area contributed by atoms with Crippen LogP contribution in [-0.2, 0) is 5.33 Å². The van der Waals surface area contributed by atoms with E-state index in [1.54, 1.807) is 0 Å². The lowest BCUT2D eigenvalue weighted by Gasteiger charge is -2.40. The highest BCUT2D eigenvalue weighted by Gasteiger charge is 2.29. The maximum absolute atomic E-state index is 3.61. The second kappa shape index (κ2) is 6.17. The molecule has 1 saturated carbocycles.